The SMILES string of the molecule is [2H]C([2H])(C1CCC(F)(F)CC1)n1cc(-c2cnn(C)c2C)c2ncc(-c3c(C)noc3C)cc21. The highest BCUT2D eigenvalue weighted by Crippen LogP contribution is 2.39. The molecular formula is C24H27F2N5O. The molecule has 1 aliphatic rings. The monoisotopic (exact) mass is 441 g/mol. The van der Waals surface area contributed by atoms with E-state index in [1.165, 1.54) is 0 Å². The van der Waals surface area contributed by atoms with Crippen molar-refractivity contribution >= 4 is 11.0 Å². The van der Waals surface area contributed by atoms with E-state index in [2.05, 4.69) is 10.3 Å². The highest BCUT2D eigenvalue weighted by molar-refractivity contribution is 5.95. The molecule has 0 spiro atoms. The summed E-state index contributed by atoms with van der Waals surface area (Å²) in [6.07, 6.45) is 4.89. The van der Waals surface area contributed by atoms with Gasteiger partial charge in [-0.3, -0.25) is 9.67 Å². The van der Waals surface area contributed by atoms with E-state index in [0.29, 0.717) is 16.8 Å². The van der Waals surface area contributed by atoms with Crippen LogP contribution in [0.25, 0.3) is 33.3 Å². The Morgan fingerprint density at radius 2 is 1.94 bits per heavy atom. The van der Waals surface area contributed by atoms with E-state index in [-0.39, 0.29) is 25.7 Å². The molecule has 0 unspecified atom stereocenters. The van der Waals surface area contributed by atoms with Gasteiger partial charge in [0.15, 0.2) is 0 Å². The zero-order valence-corrected chi connectivity index (χ0v) is 18.6. The maximum atomic E-state index is 13.8. The van der Waals surface area contributed by atoms with Gasteiger partial charge in [0.05, 0.1) is 25.7 Å². The largest absolute Gasteiger partial charge is 0.361 e. The van der Waals surface area contributed by atoms with Gasteiger partial charge in [-0.25, -0.2) is 8.78 Å². The predicted molar refractivity (Wildman–Crippen MR) is 119 cm³/mol. The molecule has 1 saturated carbocycles. The molecule has 5 rings (SSSR count). The molecule has 8 heteroatoms. The number of hydrogen-bond donors (Lipinski definition) is 0. The van der Waals surface area contributed by atoms with Crippen molar-refractivity contribution < 1.29 is 16.0 Å². The summed E-state index contributed by atoms with van der Waals surface area (Å²) < 4.78 is 54.4. The van der Waals surface area contributed by atoms with Crippen molar-refractivity contribution in [2.24, 2.45) is 13.0 Å². The van der Waals surface area contributed by atoms with Crippen LogP contribution in [-0.4, -0.2) is 30.4 Å². The van der Waals surface area contributed by atoms with E-state index in [4.69, 9.17) is 12.2 Å². The molecule has 0 N–H and O–H groups in total. The second kappa shape index (κ2) is 7.53. The summed E-state index contributed by atoms with van der Waals surface area (Å²) in [4.78, 5) is 4.73. The van der Waals surface area contributed by atoms with E-state index in [1.54, 1.807) is 27.8 Å². The fourth-order valence-corrected chi connectivity index (χ4v) is 4.57. The second-order valence-electron chi connectivity index (χ2n) is 8.73. The first kappa shape index (κ1) is 18.5. The zero-order chi connectivity index (χ0) is 24.4. The van der Waals surface area contributed by atoms with Crippen LogP contribution in [0.15, 0.2) is 29.2 Å². The van der Waals surface area contributed by atoms with Crippen molar-refractivity contribution in [3.05, 3.63) is 41.8 Å². The zero-order valence-electron chi connectivity index (χ0n) is 20.6. The Kier molecular flexibility index (Phi) is 4.36. The molecule has 6 nitrogen and oxygen atoms in total. The lowest BCUT2D eigenvalue weighted by atomic mass is 9.87. The summed E-state index contributed by atoms with van der Waals surface area (Å²) in [5.41, 5.74) is 6.08. The smallest absolute Gasteiger partial charge is 0.248 e. The van der Waals surface area contributed by atoms with Crippen molar-refractivity contribution in [2.45, 2.75) is 58.9 Å². The molecule has 0 radical (unpaired) electrons. The molecule has 0 aromatic carbocycles. The topological polar surface area (TPSA) is 61.7 Å². The fraction of sp³-hybridized carbons (Fsp3) is 0.458. The van der Waals surface area contributed by atoms with Crippen LogP contribution >= 0.6 is 0 Å². The van der Waals surface area contributed by atoms with Gasteiger partial charge in [-0.05, 0) is 45.6 Å². The van der Waals surface area contributed by atoms with Gasteiger partial charge in [0, 0.05) is 66.7 Å². The van der Waals surface area contributed by atoms with Gasteiger partial charge in [-0.2, -0.15) is 5.10 Å². The number of aryl methyl sites for hydroxylation is 3. The third-order valence-electron chi connectivity index (χ3n) is 6.53. The van der Waals surface area contributed by atoms with Crippen LogP contribution in [0.1, 0.15) is 45.6 Å². The molecule has 4 aromatic heterocycles. The van der Waals surface area contributed by atoms with E-state index in [0.717, 1.165) is 33.6 Å². The minimum atomic E-state index is -2.72. The highest BCUT2D eigenvalue weighted by atomic mass is 19.3. The second-order valence-corrected chi connectivity index (χ2v) is 8.73. The van der Waals surface area contributed by atoms with Crippen LogP contribution in [0.5, 0.6) is 0 Å². The lowest BCUT2D eigenvalue weighted by Crippen LogP contribution is -2.26. The third kappa shape index (κ3) is 3.51. The van der Waals surface area contributed by atoms with Crippen LogP contribution in [-0.2, 0) is 13.5 Å². The summed E-state index contributed by atoms with van der Waals surface area (Å²) >= 11 is 0. The van der Waals surface area contributed by atoms with Crippen molar-refractivity contribution in [1.82, 2.24) is 24.5 Å². The maximum absolute atomic E-state index is 13.8. The summed E-state index contributed by atoms with van der Waals surface area (Å²) in [6, 6.07) is 1.89. The van der Waals surface area contributed by atoms with Gasteiger partial charge >= 0.3 is 0 Å². The lowest BCUT2D eigenvalue weighted by molar-refractivity contribution is -0.0472. The molecule has 0 amide bonds. The van der Waals surface area contributed by atoms with Crippen LogP contribution < -0.4 is 0 Å². The first-order chi connectivity index (χ1) is 16.0. The number of fused-ring (bicyclic) bond motifs is 1. The molecule has 168 valence electrons. The molecule has 0 bridgehead atoms. The molecular weight excluding hydrogens is 412 g/mol. The molecule has 4 aromatic rings. The minimum absolute atomic E-state index is 0.123. The number of pyridine rings is 1. The van der Waals surface area contributed by atoms with Gasteiger partial charge in [0.25, 0.3) is 0 Å². The Morgan fingerprint density at radius 1 is 1.19 bits per heavy atom. The number of aromatic nitrogens is 5. The first-order valence-electron chi connectivity index (χ1n) is 11.8. The first-order valence-corrected chi connectivity index (χ1v) is 10.8. The molecule has 4 heterocycles. The molecule has 1 aliphatic carbocycles. The molecule has 0 aliphatic heterocycles. The average molecular weight is 442 g/mol. The highest BCUT2D eigenvalue weighted by Gasteiger charge is 2.35. The quantitative estimate of drug-likeness (QED) is 0.399. The molecule has 1 fully saturated rings. The van der Waals surface area contributed by atoms with E-state index in [1.807, 2.05) is 33.9 Å². The Bertz CT molecular complexity index is 1360. The number of halogens is 2. The van der Waals surface area contributed by atoms with Crippen molar-refractivity contribution in [1.29, 1.82) is 0 Å². The van der Waals surface area contributed by atoms with Crippen LogP contribution in [0.3, 0.4) is 0 Å². The summed E-state index contributed by atoms with van der Waals surface area (Å²) in [7, 11) is 1.85. The number of hydrogen-bond acceptors (Lipinski definition) is 4. The minimum Gasteiger partial charge on any atom is -0.361 e. The van der Waals surface area contributed by atoms with Crippen LogP contribution in [0, 0.1) is 26.7 Å². The van der Waals surface area contributed by atoms with Crippen molar-refractivity contribution in [3.63, 3.8) is 0 Å². The fourth-order valence-electron chi connectivity index (χ4n) is 4.57. The van der Waals surface area contributed by atoms with E-state index >= 15 is 0 Å². The Balaban J connectivity index is 1.71. The summed E-state index contributed by atoms with van der Waals surface area (Å²) in [6.45, 7) is 3.75. The Hall–Kier alpha value is -3.03. The van der Waals surface area contributed by atoms with E-state index < -0.39 is 18.3 Å². The van der Waals surface area contributed by atoms with E-state index in [9.17, 15) is 8.78 Å². The van der Waals surface area contributed by atoms with Gasteiger partial charge in [0.1, 0.15) is 5.76 Å². The standard InChI is InChI=1S/C24H27F2N5O/c1-14-22(16(3)32-29-14)18-9-21-23(27-10-18)20(19-11-28-30(4)15(19)2)13-31(21)12-17-5-7-24(25,26)8-6-17/h9-11,13,17H,5-8,12H2,1-4H3/i12D2. The number of rotatable bonds is 4. The van der Waals surface area contributed by atoms with Gasteiger partial charge in [-0.1, -0.05) is 5.16 Å². The summed E-state index contributed by atoms with van der Waals surface area (Å²) in [5, 5.41) is 8.37. The van der Waals surface area contributed by atoms with Gasteiger partial charge in [0.2, 0.25) is 5.92 Å². The maximum Gasteiger partial charge on any atom is 0.248 e. The summed E-state index contributed by atoms with van der Waals surface area (Å²) in [5.74, 6) is -2.60. The Labute approximate surface area is 188 Å². The van der Waals surface area contributed by atoms with Gasteiger partial charge in [-0.15, -0.1) is 0 Å². The predicted octanol–water partition coefficient (Wildman–Crippen LogP) is 5.84. The third-order valence-corrected chi connectivity index (χ3v) is 6.53. The van der Waals surface area contributed by atoms with Gasteiger partial charge < -0.3 is 9.09 Å². The van der Waals surface area contributed by atoms with Crippen molar-refractivity contribution in [2.75, 3.05) is 0 Å². The molecule has 0 saturated heterocycles. The normalized spacial score (nSPS) is 18.2. The average Bonchev–Trinajstić information content (AvgIpc) is 3.43. The number of alkyl halides is 2. The van der Waals surface area contributed by atoms with Crippen molar-refractivity contribution in [3.8, 4) is 22.3 Å². The molecule has 32 heavy (non-hydrogen) atoms. The Morgan fingerprint density at radius 3 is 2.56 bits per heavy atom. The van der Waals surface area contributed by atoms with Crippen LogP contribution in [0.2, 0.25) is 0 Å². The molecule has 0 atom stereocenters. The lowest BCUT2D eigenvalue weighted by Gasteiger charge is -2.28. The number of nitrogens with zero attached hydrogens (tertiary/aromatic N) is 5. The van der Waals surface area contributed by atoms with Crippen LogP contribution in [0.4, 0.5) is 8.78 Å².